The van der Waals surface area contributed by atoms with Gasteiger partial charge in [-0.1, -0.05) is 11.6 Å². The lowest BCUT2D eigenvalue weighted by Crippen LogP contribution is -1.84. The third-order valence-electron chi connectivity index (χ3n) is 1.74. The first-order valence-corrected chi connectivity index (χ1v) is 4.79. The molecule has 66 valence electrons. The fraction of sp³-hybridized carbons (Fsp3) is 0.125. The summed E-state index contributed by atoms with van der Waals surface area (Å²) in [7, 11) is 0. The second-order valence-electron chi connectivity index (χ2n) is 2.59. The molecule has 0 amide bonds. The number of hydrogen-bond donors (Lipinski definition) is 0. The van der Waals surface area contributed by atoms with Crippen molar-refractivity contribution in [2.45, 2.75) is 6.92 Å². The molecular weight excluding hydrogens is 206 g/mol. The summed E-state index contributed by atoms with van der Waals surface area (Å²) in [6.07, 6.45) is 3.49. The Labute approximate surface area is 84.7 Å². The van der Waals surface area contributed by atoms with Gasteiger partial charge in [-0.15, -0.1) is 0 Å². The Morgan fingerprint density at radius 2 is 2.23 bits per heavy atom. The van der Waals surface area contributed by atoms with Crippen LogP contribution < -0.4 is 0 Å². The molecule has 2 aromatic heterocycles. The Balaban J connectivity index is 2.59. The minimum Gasteiger partial charge on any atom is -0.264 e. The van der Waals surface area contributed by atoms with Crippen LogP contribution in [0, 0.1) is 6.92 Å². The fourth-order valence-corrected chi connectivity index (χ4v) is 1.80. The molecule has 0 aliphatic rings. The summed E-state index contributed by atoms with van der Waals surface area (Å²) >= 11 is 6.97. The third-order valence-corrected chi connectivity index (χ3v) is 2.63. The average molecular weight is 212 g/mol. The first-order chi connectivity index (χ1) is 6.29. The Bertz CT molecular complexity index is 427. The van der Waals surface area contributed by atoms with Gasteiger partial charge in [-0.2, -0.15) is 8.75 Å². The molecule has 0 radical (unpaired) electrons. The van der Waals surface area contributed by atoms with Crippen molar-refractivity contribution in [3.8, 4) is 11.3 Å². The van der Waals surface area contributed by atoms with Crippen LogP contribution in [0.2, 0.25) is 5.15 Å². The largest absolute Gasteiger partial charge is 0.264 e. The van der Waals surface area contributed by atoms with Gasteiger partial charge in [0.05, 0.1) is 11.7 Å². The summed E-state index contributed by atoms with van der Waals surface area (Å²) < 4.78 is 8.01. The number of hydrogen-bond acceptors (Lipinski definition) is 4. The van der Waals surface area contributed by atoms with Gasteiger partial charge < -0.3 is 0 Å². The van der Waals surface area contributed by atoms with Crippen LogP contribution in [0.3, 0.4) is 0 Å². The Hall–Kier alpha value is -1.00. The normalized spacial score (nSPS) is 10.3. The van der Waals surface area contributed by atoms with E-state index in [1.807, 2.05) is 13.0 Å². The number of rotatable bonds is 1. The van der Waals surface area contributed by atoms with Crippen LogP contribution in [0.15, 0.2) is 18.5 Å². The Morgan fingerprint density at radius 1 is 1.38 bits per heavy atom. The van der Waals surface area contributed by atoms with Crippen LogP contribution in [0.4, 0.5) is 0 Å². The Kier molecular flexibility index (Phi) is 2.24. The maximum atomic E-state index is 5.86. The zero-order valence-electron chi connectivity index (χ0n) is 6.86. The summed E-state index contributed by atoms with van der Waals surface area (Å²) in [5.41, 5.74) is 2.77. The molecule has 0 saturated heterocycles. The van der Waals surface area contributed by atoms with E-state index in [0.29, 0.717) is 5.15 Å². The van der Waals surface area contributed by atoms with Gasteiger partial charge in [0.25, 0.3) is 0 Å². The zero-order valence-corrected chi connectivity index (χ0v) is 8.43. The SMILES string of the molecule is Cc1ccncc1-c1nsnc1Cl. The maximum Gasteiger partial charge on any atom is 0.170 e. The van der Waals surface area contributed by atoms with Crippen molar-refractivity contribution in [2.75, 3.05) is 0 Å². The molecule has 0 aliphatic carbocycles. The molecule has 0 bridgehead atoms. The van der Waals surface area contributed by atoms with Gasteiger partial charge in [0.2, 0.25) is 0 Å². The van der Waals surface area contributed by atoms with E-state index in [0.717, 1.165) is 28.5 Å². The number of pyridine rings is 1. The molecule has 2 heterocycles. The summed E-state index contributed by atoms with van der Waals surface area (Å²) in [4.78, 5) is 4.02. The van der Waals surface area contributed by atoms with Crippen molar-refractivity contribution in [3.63, 3.8) is 0 Å². The quantitative estimate of drug-likeness (QED) is 0.728. The standard InChI is InChI=1S/C8H6ClN3S/c1-5-2-3-10-4-6(5)7-8(9)12-13-11-7/h2-4H,1H3. The predicted molar refractivity (Wildman–Crippen MR) is 52.9 cm³/mol. The van der Waals surface area contributed by atoms with E-state index in [1.165, 1.54) is 0 Å². The summed E-state index contributed by atoms with van der Waals surface area (Å²) in [5, 5.41) is 0.445. The fourth-order valence-electron chi connectivity index (χ4n) is 1.05. The van der Waals surface area contributed by atoms with Crippen molar-refractivity contribution in [1.82, 2.24) is 13.7 Å². The van der Waals surface area contributed by atoms with Gasteiger partial charge >= 0.3 is 0 Å². The number of nitrogens with zero attached hydrogens (tertiary/aromatic N) is 3. The first-order valence-electron chi connectivity index (χ1n) is 3.68. The molecule has 0 fully saturated rings. The molecule has 2 rings (SSSR count). The van der Waals surface area contributed by atoms with Crippen molar-refractivity contribution < 1.29 is 0 Å². The minimum absolute atomic E-state index is 0.445. The van der Waals surface area contributed by atoms with Crippen LogP contribution in [0.1, 0.15) is 5.56 Å². The van der Waals surface area contributed by atoms with Gasteiger partial charge in [0.15, 0.2) is 5.15 Å². The zero-order chi connectivity index (χ0) is 9.26. The van der Waals surface area contributed by atoms with Crippen LogP contribution in [0.25, 0.3) is 11.3 Å². The van der Waals surface area contributed by atoms with E-state index in [4.69, 9.17) is 11.6 Å². The second kappa shape index (κ2) is 3.40. The molecule has 0 unspecified atom stereocenters. The smallest absolute Gasteiger partial charge is 0.170 e. The molecular formula is C8H6ClN3S. The molecule has 0 atom stereocenters. The van der Waals surface area contributed by atoms with Crippen LogP contribution in [-0.2, 0) is 0 Å². The molecule has 13 heavy (non-hydrogen) atoms. The third kappa shape index (κ3) is 1.55. The van der Waals surface area contributed by atoms with Crippen molar-refractivity contribution in [2.24, 2.45) is 0 Å². The van der Waals surface area contributed by atoms with Gasteiger partial charge in [0, 0.05) is 18.0 Å². The highest BCUT2D eigenvalue weighted by molar-refractivity contribution is 6.99. The number of halogens is 1. The van der Waals surface area contributed by atoms with Gasteiger partial charge in [0.1, 0.15) is 5.69 Å². The topological polar surface area (TPSA) is 38.7 Å². The molecule has 0 saturated carbocycles. The maximum absolute atomic E-state index is 5.86. The Morgan fingerprint density at radius 3 is 2.85 bits per heavy atom. The van der Waals surface area contributed by atoms with Crippen molar-refractivity contribution in [3.05, 3.63) is 29.2 Å². The summed E-state index contributed by atoms with van der Waals surface area (Å²) in [6.45, 7) is 1.99. The minimum atomic E-state index is 0.445. The second-order valence-corrected chi connectivity index (χ2v) is 3.48. The van der Waals surface area contributed by atoms with E-state index in [9.17, 15) is 0 Å². The van der Waals surface area contributed by atoms with Gasteiger partial charge in [-0.05, 0) is 18.6 Å². The molecule has 2 aromatic rings. The van der Waals surface area contributed by atoms with E-state index in [-0.39, 0.29) is 0 Å². The number of aryl methyl sites for hydroxylation is 1. The molecule has 0 aromatic carbocycles. The van der Waals surface area contributed by atoms with Gasteiger partial charge in [-0.25, -0.2) is 0 Å². The van der Waals surface area contributed by atoms with E-state index in [1.54, 1.807) is 12.4 Å². The lowest BCUT2D eigenvalue weighted by Gasteiger charge is -1.99. The molecule has 3 nitrogen and oxygen atoms in total. The highest BCUT2D eigenvalue weighted by atomic mass is 35.5. The lowest BCUT2D eigenvalue weighted by atomic mass is 10.1. The van der Waals surface area contributed by atoms with Crippen LogP contribution >= 0.6 is 23.3 Å². The van der Waals surface area contributed by atoms with E-state index in [2.05, 4.69) is 13.7 Å². The summed E-state index contributed by atoms with van der Waals surface area (Å²) in [5.74, 6) is 0. The average Bonchev–Trinajstić information content (AvgIpc) is 2.52. The van der Waals surface area contributed by atoms with E-state index >= 15 is 0 Å². The molecule has 0 aliphatic heterocycles. The van der Waals surface area contributed by atoms with Gasteiger partial charge in [-0.3, -0.25) is 4.98 Å². The van der Waals surface area contributed by atoms with Crippen molar-refractivity contribution in [1.29, 1.82) is 0 Å². The van der Waals surface area contributed by atoms with Crippen LogP contribution in [-0.4, -0.2) is 13.7 Å². The predicted octanol–water partition coefficient (Wildman–Crippen LogP) is 2.56. The monoisotopic (exact) mass is 211 g/mol. The molecule has 0 spiro atoms. The molecule has 5 heteroatoms. The number of aromatic nitrogens is 3. The summed E-state index contributed by atoms with van der Waals surface area (Å²) in [6, 6.07) is 1.92. The van der Waals surface area contributed by atoms with Crippen LogP contribution in [0.5, 0.6) is 0 Å². The van der Waals surface area contributed by atoms with E-state index < -0.39 is 0 Å². The molecule has 0 N–H and O–H groups in total. The lowest BCUT2D eigenvalue weighted by molar-refractivity contribution is 1.27. The first kappa shape index (κ1) is 8.59. The highest BCUT2D eigenvalue weighted by Gasteiger charge is 2.09. The van der Waals surface area contributed by atoms with Crippen molar-refractivity contribution >= 4 is 23.3 Å². The highest BCUT2D eigenvalue weighted by Crippen LogP contribution is 2.26.